The van der Waals surface area contributed by atoms with Crippen LogP contribution >= 0.6 is 0 Å². The number of aliphatic hydroxyl groups is 1. The fourth-order valence-corrected chi connectivity index (χ4v) is 2.35. The second-order valence-corrected chi connectivity index (χ2v) is 4.51. The lowest BCUT2D eigenvalue weighted by Crippen LogP contribution is -2.25. The van der Waals surface area contributed by atoms with E-state index in [1.54, 1.807) is 0 Å². The predicted octanol–water partition coefficient (Wildman–Crippen LogP) is 2.58. The standard InChI is InChI=1S/C10H16F2O/c11-10(12)6-8(10)5-7-3-1-2-4-9(7)13/h7-9,13H,1-6H2. The van der Waals surface area contributed by atoms with Gasteiger partial charge in [0.1, 0.15) is 0 Å². The third kappa shape index (κ3) is 2.01. The molecule has 0 bridgehead atoms. The zero-order valence-corrected chi connectivity index (χ0v) is 7.68. The molecule has 1 nitrogen and oxygen atoms in total. The minimum absolute atomic E-state index is 0.0518. The maximum Gasteiger partial charge on any atom is 0.251 e. The van der Waals surface area contributed by atoms with Crippen LogP contribution in [0.1, 0.15) is 38.5 Å². The smallest absolute Gasteiger partial charge is 0.251 e. The van der Waals surface area contributed by atoms with Gasteiger partial charge in [-0.1, -0.05) is 12.8 Å². The summed E-state index contributed by atoms with van der Waals surface area (Å²) < 4.78 is 25.2. The molecule has 0 amide bonds. The molecule has 0 saturated heterocycles. The Morgan fingerprint density at radius 3 is 2.38 bits per heavy atom. The van der Waals surface area contributed by atoms with Gasteiger partial charge >= 0.3 is 0 Å². The molecule has 3 heteroatoms. The van der Waals surface area contributed by atoms with E-state index in [0.29, 0.717) is 6.42 Å². The lowest BCUT2D eigenvalue weighted by molar-refractivity contribution is 0.0447. The van der Waals surface area contributed by atoms with E-state index in [2.05, 4.69) is 0 Å². The van der Waals surface area contributed by atoms with Crippen LogP contribution in [0.5, 0.6) is 0 Å². The average Bonchev–Trinajstić information content (AvgIpc) is 2.64. The van der Waals surface area contributed by atoms with Crippen LogP contribution in [0.2, 0.25) is 0 Å². The molecule has 0 radical (unpaired) electrons. The number of aliphatic hydroxyl groups excluding tert-OH is 1. The third-order valence-corrected chi connectivity index (χ3v) is 3.41. The summed E-state index contributed by atoms with van der Waals surface area (Å²) in [5.41, 5.74) is 0. The Labute approximate surface area is 77.1 Å². The zero-order valence-electron chi connectivity index (χ0n) is 7.68. The Morgan fingerprint density at radius 1 is 1.23 bits per heavy atom. The van der Waals surface area contributed by atoms with Crippen molar-refractivity contribution in [1.29, 1.82) is 0 Å². The quantitative estimate of drug-likeness (QED) is 0.709. The lowest BCUT2D eigenvalue weighted by atomic mass is 9.83. The van der Waals surface area contributed by atoms with Crippen LogP contribution in [-0.4, -0.2) is 17.1 Å². The van der Waals surface area contributed by atoms with E-state index in [1.807, 2.05) is 0 Å². The van der Waals surface area contributed by atoms with Crippen LogP contribution < -0.4 is 0 Å². The van der Waals surface area contributed by atoms with Gasteiger partial charge < -0.3 is 5.11 Å². The van der Waals surface area contributed by atoms with Crippen molar-refractivity contribution in [1.82, 2.24) is 0 Å². The molecule has 2 saturated carbocycles. The van der Waals surface area contributed by atoms with Crippen LogP contribution in [0.3, 0.4) is 0 Å². The summed E-state index contributed by atoms with van der Waals surface area (Å²) in [6.45, 7) is 0. The molecule has 3 atom stereocenters. The topological polar surface area (TPSA) is 20.2 Å². The zero-order chi connectivity index (χ0) is 9.47. The van der Waals surface area contributed by atoms with Crippen molar-refractivity contribution >= 4 is 0 Å². The summed E-state index contributed by atoms with van der Waals surface area (Å²) in [5, 5.41) is 9.57. The normalized spacial score (nSPS) is 43.2. The molecule has 1 N–H and O–H groups in total. The molecule has 0 spiro atoms. The lowest BCUT2D eigenvalue weighted by Gasteiger charge is -2.27. The van der Waals surface area contributed by atoms with E-state index >= 15 is 0 Å². The van der Waals surface area contributed by atoms with E-state index in [9.17, 15) is 13.9 Å². The van der Waals surface area contributed by atoms with Crippen molar-refractivity contribution in [3.63, 3.8) is 0 Å². The van der Waals surface area contributed by atoms with Gasteiger partial charge in [-0.25, -0.2) is 8.78 Å². The van der Waals surface area contributed by atoms with E-state index in [0.717, 1.165) is 25.7 Å². The van der Waals surface area contributed by atoms with Gasteiger partial charge in [-0.05, 0) is 25.2 Å². The Kier molecular flexibility index (Phi) is 2.30. The molecule has 0 aromatic rings. The molecule has 0 aromatic heterocycles. The van der Waals surface area contributed by atoms with Gasteiger partial charge in [0.05, 0.1) is 6.10 Å². The van der Waals surface area contributed by atoms with Crippen molar-refractivity contribution in [2.75, 3.05) is 0 Å². The fraction of sp³-hybridized carbons (Fsp3) is 1.00. The van der Waals surface area contributed by atoms with Crippen molar-refractivity contribution < 1.29 is 13.9 Å². The highest BCUT2D eigenvalue weighted by Crippen LogP contribution is 2.53. The van der Waals surface area contributed by atoms with E-state index < -0.39 is 11.8 Å². The van der Waals surface area contributed by atoms with E-state index in [4.69, 9.17) is 0 Å². The molecule has 0 heterocycles. The Morgan fingerprint density at radius 2 is 1.85 bits per heavy atom. The van der Waals surface area contributed by atoms with Gasteiger partial charge in [0.15, 0.2) is 0 Å². The molecule has 13 heavy (non-hydrogen) atoms. The molecule has 76 valence electrons. The number of hydrogen-bond acceptors (Lipinski definition) is 1. The fourth-order valence-electron chi connectivity index (χ4n) is 2.35. The maximum atomic E-state index is 12.6. The number of rotatable bonds is 2. The molecule has 3 unspecified atom stereocenters. The second-order valence-electron chi connectivity index (χ2n) is 4.51. The number of halogens is 2. The summed E-state index contributed by atoms with van der Waals surface area (Å²) in [6.07, 6.45) is 4.17. The van der Waals surface area contributed by atoms with Crippen molar-refractivity contribution in [3.05, 3.63) is 0 Å². The second kappa shape index (κ2) is 3.19. The largest absolute Gasteiger partial charge is 0.393 e. The van der Waals surface area contributed by atoms with Crippen molar-refractivity contribution in [2.45, 2.75) is 50.6 Å². The first kappa shape index (κ1) is 9.38. The molecule has 2 aliphatic rings. The van der Waals surface area contributed by atoms with Gasteiger partial charge in [0.25, 0.3) is 5.92 Å². The SMILES string of the molecule is OC1CCCCC1CC1CC1(F)F. The van der Waals surface area contributed by atoms with Crippen molar-refractivity contribution in [3.8, 4) is 0 Å². The first-order valence-electron chi connectivity index (χ1n) is 5.15. The first-order chi connectivity index (χ1) is 6.09. The van der Waals surface area contributed by atoms with Crippen LogP contribution in [0.4, 0.5) is 8.78 Å². The van der Waals surface area contributed by atoms with Crippen molar-refractivity contribution in [2.24, 2.45) is 11.8 Å². The van der Waals surface area contributed by atoms with Gasteiger partial charge in [0, 0.05) is 12.3 Å². The maximum absolute atomic E-state index is 12.6. The Hall–Kier alpha value is -0.180. The van der Waals surface area contributed by atoms with Gasteiger partial charge in [-0.15, -0.1) is 0 Å². The van der Waals surface area contributed by atoms with Crippen LogP contribution in [0.15, 0.2) is 0 Å². The summed E-state index contributed by atoms with van der Waals surface area (Å²) in [7, 11) is 0. The highest BCUT2D eigenvalue weighted by Gasteiger charge is 2.57. The summed E-state index contributed by atoms with van der Waals surface area (Å²) in [4.78, 5) is 0. The molecule has 0 aliphatic heterocycles. The highest BCUT2D eigenvalue weighted by molar-refractivity contribution is 4.97. The van der Waals surface area contributed by atoms with Crippen LogP contribution in [-0.2, 0) is 0 Å². The summed E-state index contributed by atoms with van der Waals surface area (Å²) in [6, 6.07) is 0. The van der Waals surface area contributed by atoms with Gasteiger partial charge in [-0.2, -0.15) is 0 Å². The molecular formula is C10H16F2O. The van der Waals surface area contributed by atoms with Crippen LogP contribution in [0, 0.1) is 11.8 Å². The molecule has 2 rings (SSSR count). The molecule has 2 aliphatic carbocycles. The Bertz CT molecular complexity index is 193. The minimum Gasteiger partial charge on any atom is -0.393 e. The van der Waals surface area contributed by atoms with E-state index in [-0.39, 0.29) is 18.4 Å². The summed E-state index contributed by atoms with van der Waals surface area (Å²) in [5.74, 6) is -2.69. The molecule has 2 fully saturated rings. The first-order valence-corrected chi connectivity index (χ1v) is 5.15. The van der Waals surface area contributed by atoms with Gasteiger partial charge in [-0.3, -0.25) is 0 Å². The molecule has 0 aromatic carbocycles. The number of hydrogen-bond donors (Lipinski definition) is 1. The summed E-state index contributed by atoms with van der Waals surface area (Å²) >= 11 is 0. The van der Waals surface area contributed by atoms with Gasteiger partial charge in [0.2, 0.25) is 0 Å². The van der Waals surface area contributed by atoms with E-state index in [1.165, 1.54) is 0 Å². The molecular weight excluding hydrogens is 174 g/mol. The third-order valence-electron chi connectivity index (χ3n) is 3.41. The minimum atomic E-state index is -2.41. The van der Waals surface area contributed by atoms with Crippen LogP contribution in [0.25, 0.3) is 0 Å². The Balaban J connectivity index is 1.81. The number of alkyl halides is 2. The average molecular weight is 190 g/mol. The predicted molar refractivity (Wildman–Crippen MR) is 45.6 cm³/mol. The highest BCUT2D eigenvalue weighted by atomic mass is 19.3. The monoisotopic (exact) mass is 190 g/mol.